The van der Waals surface area contributed by atoms with E-state index in [0.29, 0.717) is 15.7 Å². The van der Waals surface area contributed by atoms with Crippen LogP contribution in [0.15, 0.2) is 16.6 Å². The Balaban J connectivity index is 2.90. The summed E-state index contributed by atoms with van der Waals surface area (Å²) in [6.07, 6.45) is 0. The minimum Gasteiger partial charge on any atom is -0.322 e. The lowest BCUT2D eigenvalue weighted by Crippen LogP contribution is -2.25. The summed E-state index contributed by atoms with van der Waals surface area (Å²) in [6, 6.07) is 3.34. The molecule has 0 unspecified atom stereocenters. The SMILES string of the molecule is CNCC(=O)Nc1c(Cl)cc(Br)cc1Cl. The number of carbonyl (C=O) groups excluding carboxylic acids is 1. The molecule has 0 aliphatic carbocycles. The number of likely N-dealkylation sites (N-methyl/N-ethyl adjacent to an activating group) is 1. The molecule has 0 saturated carbocycles. The van der Waals surface area contributed by atoms with Crippen LogP contribution < -0.4 is 10.6 Å². The van der Waals surface area contributed by atoms with E-state index in [0.717, 1.165) is 4.47 Å². The van der Waals surface area contributed by atoms with Gasteiger partial charge in [0.25, 0.3) is 0 Å². The van der Waals surface area contributed by atoms with E-state index in [-0.39, 0.29) is 12.5 Å². The zero-order valence-corrected chi connectivity index (χ0v) is 11.0. The molecule has 0 saturated heterocycles. The Morgan fingerprint density at radius 2 is 1.93 bits per heavy atom. The highest BCUT2D eigenvalue weighted by Gasteiger charge is 2.10. The summed E-state index contributed by atoms with van der Waals surface area (Å²) < 4.78 is 0.768. The van der Waals surface area contributed by atoms with E-state index >= 15 is 0 Å². The first-order valence-electron chi connectivity index (χ1n) is 4.13. The molecule has 0 spiro atoms. The predicted octanol–water partition coefficient (Wildman–Crippen LogP) is 2.91. The van der Waals surface area contributed by atoms with Crippen LogP contribution in [0.25, 0.3) is 0 Å². The molecule has 1 amide bonds. The van der Waals surface area contributed by atoms with Crippen molar-refractivity contribution in [2.75, 3.05) is 18.9 Å². The molecule has 1 aromatic carbocycles. The molecule has 0 aliphatic heterocycles. The van der Waals surface area contributed by atoms with E-state index in [1.165, 1.54) is 0 Å². The lowest BCUT2D eigenvalue weighted by Gasteiger charge is -2.09. The predicted molar refractivity (Wildman–Crippen MR) is 66.7 cm³/mol. The summed E-state index contributed by atoms with van der Waals surface area (Å²) in [5.74, 6) is -0.191. The van der Waals surface area contributed by atoms with E-state index < -0.39 is 0 Å². The fourth-order valence-electron chi connectivity index (χ4n) is 1.01. The molecule has 0 aliphatic rings. The van der Waals surface area contributed by atoms with Crippen molar-refractivity contribution in [2.24, 2.45) is 0 Å². The monoisotopic (exact) mass is 310 g/mol. The van der Waals surface area contributed by atoms with Gasteiger partial charge in [-0.2, -0.15) is 0 Å². The van der Waals surface area contributed by atoms with Gasteiger partial charge in [-0.05, 0) is 19.2 Å². The minimum atomic E-state index is -0.191. The fraction of sp³-hybridized carbons (Fsp3) is 0.222. The Hall–Kier alpha value is -0.290. The highest BCUT2D eigenvalue weighted by molar-refractivity contribution is 9.10. The Kier molecular flexibility index (Phi) is 4.86. The van der Waals surface area contributed by atoms with Gasteiger partial charge < -0.3 is 10.6 Å². The second kappa shape index (κ2) is 5.70. The largest absolute Gasteiger partial charge is 0.322 e. The fourth-order valence-corrected chi connectivity index (χ4v) is 2.31. The molecule has 1 aromatic rings. The molecule has 0 atom stereocenters. The van der Waals surface area contributed by atoms with Gasteiger partial charge in [0.2, 0.25) is 5.91 Å². The molecule has 1 rings (SSSR count). The maximum absolute atomic E-state index is 11.3. The summed E-state index contributed by atoms with van der Waals surface area (Å²) in [7, 11) is 1.68. The summed E-state index contributed by atoms with van der Waals surface area (Å²) in [6.45, 7) is 0.211. The van der Waals surface area contributed by atoms with Gasteiger partial charge in [-0.3, -0.25) is 4.79 Å². The van der Waals surface area contributed by atoms with Crippen LogP contribution in [0.1, 0.15) is 0 Å². The van der Waals surface area contributed by atoms with E-state index in [1.807, 2.05) is 0 Å². The molecule has 15 heavy (non-hydrogen) atoms. The number of nitrogens with one attached hydrogen (secondary N) is 2. The van der Waals surface area contributed by atoms with Crippen molar-refractivity contribution >= 4 is 50.7 Å². The molecule has 3 nitrogen and oxygen atoms in total. The number of carbonyl (C=O) groups is 1. The molecule has 82 valence electrons. The minimum absolute atomic E-state index is 0.191. The van der Waals surface area contributed by atoms with Crippen molar-refractivity contribution in [2.45, 2.75) is 0 Å². The zero-order chi connectivity index (χ0) is 11.4. The smallest absolute Gasteiger partial charge is 0.238 e. The zero-order valence-electron chi connectivity index (χ0n) is 7.90. The van der Waals surface area contributed by atoms with Gasteiger partial charge in [0, 0.05) is 4.47 Å². The quantitative estimate of drug-likeness (QED) is 0.901. The van der Waals surface area contributed by atoms with Gasteiger partial charge in [0.15, 0.2) is 0 Å². The van der Waals surface area contributed by atoms with Crippen molar-refractivity contribution < 1.29 is 4.79 Å². The van der Waals surface area contributed by atoms with Crippen molar-refractivity contribution in [1.29, 1.82) is 0 Å². The molecule has 6 heteroatoms. The van der Waals surface area contributed by atoms with Gasteiger partial charge in [0.1, 0.15) is 0 Å². The molecule has 0 bridgehead atoms. The van der Waals surface area contributed by atoms with E-state index in [2.05, 4.69) is 26.6 Å². The van der Waals surface area contributed by atoms with E-state index in [1.54, 1.807) is 19.2 Å². The van der Waals surface area contributed by atoms with Crippen LogP contribution in [0.4, 0.5) is 5.69 Å². The number of hydrogen-bond donors (Lipinski definition) is 2. The normalized spacial score (nSPS) is 10.1. The highest BCUT2D eigenvalue weighted by atomic mass is 79.9. The Morgan fingerprint density at radius 1 is 1.40 bits per heavy atom. The summed E-state index contributed by atoms with van der Waals surface area (Å²) >= 11 is 15.1. The average Bonchev–Trinajstić information content (AvgIpc) is 2.11. The molecular formula is C9H9BrCl2N2O. The maximum Gasteiger partial charge on any atom is 0.238 e. The first-order valence-corrected chi connectivity index (χ1v) is 5.68. The van der Waals surface area contributed by atoms with Crippen molar-refractivity contribution in [3.63, 3.8) is 0 Å². The van der Waals surface area contributed by atoms with Crippen LogP contribution in [0, 0.1) is 0 Å². The first-order chi connectivity index (χ1) is 7.04. The lowest BCUT2D eigenvalue weighted by molar-refractivity contribution is -0.115. The molecular weight excluding hydrogens is 303 g/mol. The maximum atomic E-state index is 11.3. The third-order valence-corrected chi connectivity index (χ3v) is 2.66. The van der Waals surface area contributed by atoms with Crippen LogP contribution in [0.5, 0.6) is 0 Å². The third kappa shape index (κ3) is 3.65. The van der Waals surface area contributed by atoms with E-state index in [9.17, 15) is 4.79 Å². The van der Waals surface area contributed by atoms with Crippen LogP contribution >= 0.6 is 39.1 Å². The summed E-state index contributed by atoms with van der Waals surface area (Å²) in [5.41, 5.74) is 0.432. The molecule has 0 heterocycles. The van der Waals surface area contributed by atoms with Gasteiger partial charge in [-0.1, -0.05) is 39.1 Å². The highest BCUT2D eigenvalue weighted by Crippen LogP contribution is 2.33. The molecule has 0 radical (unpaired) electrons. The van der Waals surface area contributed by atoms with Gasteiger partial charge in [0.05, 0.1) is 22.3 Å². The number of amides is 1. The van der Waals surface area contributed by atoms with Crippen LogP contribution in [-0.2, 0) is 4.79 Å². The Labute approximate surface area is 106 Å². The van der Waals surface area contributed by atoms with Gasteiger partial charge in [-0.25, -0.2) is 0 Å². The second-order valence-corrected chi connectivity index (χ2v) is 4.55. The third-order valence-electron chi connectivity index (χ3n) is 1.61. The van der Waals surface area contributed by atoms with Crippen molar-refractivity contribution in [1.82, 2.24) is 5.32 Å². The number of rotatable bonds is 3. The van der Waals surface area contributed by atoms with Crippen LogP contribution in [0.3, 0.4) is 0 Å². The van der Waals surface area contributed by atoms with Crippen molar-refractivity contribution in [3.8, 4) is 0 Å². The average molecular weight is 312 g/mol. The second-order valence-electron chi connectivity index (χ2n) is 2.82. The van der Waals surface area contributed by atoms with Gasteiger partial charge in [-0.15, -0.1) is 0 Å². The van der Waals surface area contributed by atoms with E-state index in [4.69, 9.17) is 23.2 Å². The molecule has 0 fully saturated rings. The number of benzene rings is 1. The summed E-state index contributed by atoms with van der Waals surface area (Å²) in [5, 5.41) is 6.15. The lowest BCUT2D eigenvalue weighted by atomic mass is 10.3. The molecule has 2 N–H and O–H groups in total. The van der Waals surface area contributed by atoms with Crippen LogP contribution in [-0.4, -0.2) is 19.5 Å². The first kappa shape index (κ1) is 12.8. The van der Waals surface area contributed by atoms with Crippen molar-refractivity contribution in [3.05, 3.63) is 26.7 Å². The van der Waals surface area contributed by atoms with Crippen LogP contribution in [0.2, 0.25) is 10.0 Å². The van der Waals surface area contributed by atoms with Gasteiger partial charge >= 0.3 is 0 Å². The molecule has 0 aromatic heterocycles. The Bertz CT molecular complexity index is 361. The number of halogens is 3. The topological polar surface area (TPSA) is 41.1 Å². The standard InChI is InChI=1S/C9H9BrCl2N2O/c1-13-4-8(15)14-9-6(11)2-5(10)3-7(9)12/h2-3,13H,4H2,1H3,(H,14,15). The number of anilines is 1. The number of hydrogen-bond acceptors (Lipinski definition) is 2. The summed E-state index contributed by atoms with van der Waals surface area (Å²) in [4.78, 5) is 11.3. The Morgan fingerprint density at radius 3 is 2.40 bits per heavy atom.